The Morgan fingerprint density at radius 1 is 1.26 bits per heavy atom. The van der Waals surface area contributed by atoms with E-state index < -0.39 is 0 Å². The minimum absolute atomic E-state index is 0.171. The summed E-state index contributed by atoms with van der Waals surface area (Å²) in [5.74, 6) is -0.275. The van der Waals surface area contributed by atoms with Gasteiger partial charge in [-0.1, -0.05) is 11.8 Å². The molecule has 98 valence electrons. The SMILES string of the molecule is Nc1ccc(SCC(=O)Nc2ccc(F)cc2)nc1. The molecule has 0 spiro atoms. The molecule has 0 bridgehead atoms. The van der Waals surface area contributed by atoms with E-state index in [1.807, 2.05) is 0 Å². The Labute approximate surface area is 114 Å². The molecule has 1 amide bonds. The first kappa shape index (κ1) is 13.4. The van der Waals surface area contributed by atoms with Gasteiger partial charge in [-0.15, -0.1) is 0 Å². The van der Waals surface area contributed by atoms with E-state index in [4.69, 9.17) is 5.73 Å². The van der Waals surface area contributed by atoms with Crippen LogP contribution in [0.15, 0.2) is 47.6 Å². The highest BCUT2D eigenvalue weighted by Gasteiger charge is 2.04. The van der Waals surface area contributed by atoms with Crippen LogP contribution in [0.3, 0.4) is 0 Å². The second-order valence-corrected chi connectivity index (χ2v) is 4.77. The zero-order valence-electron chi connectivity index (χ0n) is 9.97. The van der Waals surface area contributed by atoms with E-state index >= 15 is 0 Å². The molecule has 3 N–H and O–H groups in total. The lowest BCUT2D eigenvalue weighted by Gasteiger charge is -2.04. The van der Waals surface area contributed by atoms with Crippen LogP contribution in [-0.4, -0.2) is 16.6 Å². The first-order chi connectivity index (χ1) is 9.13. The van der Waals surface area contributed by atoms with Crippen LogP contribution >= 0.6 is 11.8 Å². The fourth-order valence-electron chi connectivity index (χ4n) is 1.35. The highest BCUT2D eigenvalue weighted by molar-refractivity contribution is 7.99. The number of carbonyl (C=O) groups is 1. The summed E-state index contributed by atoms with van der Waals surface area (Å²) in [6.07, 6.45) is 1.54. The van der Waals surface area contributed by atoms with Gasteiger partial charge in [-0.3, -0.25) is 4.79 Å². The van der Waals surface area contributed by atoms with Crippen molar-refractivity contribution in [3.63, 3.8) is 0 Å². The average Bonchev–Trinajstić information content (AvgIpc) is 2.41. The number of halogens is 1. The number of carbonyl (C=O) groups excluding carboxylic acids is 1. The Hall–Kier alpha value is -2.08. The molecule has 0 aliphatic rings. The van der Waals surface area contributed by atoms with E-state index in [-0.39, 0.29) is 17.5 Å². The van der Waals surface area contributed by atoms with Gasteiger partial charge in [-0.2, -0.15) is 0 Å². The largest absolute Gasteiger partial charge is 0.397 e. The summed E-state index contributed by atoms with van der Waals surface area (Å²) < 4.78 is 12.7. The van der Waals surface area contributed by atoms with Gasteiger partial charge in [-0.05, 0) is 36.4 Å². The van der Waals surface area contributed by atoms with E-state index in [0.29, 0.717) is 11.4 Å². The summed E-state index contributed by atoms with van der Waals surface area (Å²) in [7, 11) is 0. The number of rotatable bonds is 4. The zero-order valence-corrected chi connectivity index (χ0v) is 10.8. The number of nitrogens with one attached hydrogen (secondary N) is 1. The maximum atomic E-state index is 12.7. The summed E-state index contributed by atoms with van der Waals surface area (Å²) in [6, 6.07) is 9.10. The number of hydrogen-bond donors (Lipinski definition) is 2. The number of nitrogens with zero attached hydrogens (tertiary/aromatic N) is 1. The van der Waals surface area contributed by atoms with E-state index in [0.717, 1.165) is 5.03 Å². The van der Waals surface area contributed by atoms with Gasteiger partial charge in [0, 0.05) is 5.69 Å². The van der Waals surface area contributed by atoms with Crippen molar-refractivity contribution >= 4 is 29.0 Å². The first-order valence-corrected chi connectivity index (χ1v) is 6.52. The van der Waals surface area contributed by atoms with Crippen molar-refractivity contribution in [1.29, 1.82) is 0 Å². The number of anilines is 2. The molecule has 19 heavy (non-hydrogen) atoms. The predicted molar refractivity (Wildman–Crippen MR) is 74.4 cm³/mol. The summed E-state index contributed by atoms with van der Waals surface area (Å²) in [5, 5.41) is 3.40. The lowest BCUT2D eigenvalue weighted by Crippen LogP contribution is -2.14. The highest BCUT2D eigenvalue weighted by atomic mass is 32.2. The van der Waals surface area contributed by atoms with Gasteiger partial charge < -0.3 is 11.1 Å². The molecule has 0 unspecified atom stereocenters. The summed E-state index contributed by atoms with van der Waals surface area (Å²) >= 11 is 1.31. The van der Waals surface area contributed by atoms with Crippen LogP contribution < -0.4 is 11.1 Å². The summed E-state index contributed by atoms with van der Waals surface area (Å²) in [4.78, 5) is 15.7. The highest BCUT2D eigenvalue weighted by Crippen LogP contribution is 2.16. The fraction of sp³-hybridized carbons (Fsp3) is 0.0769. The maximum absolute atomic E-state index is 12.7. The molecule has 6 heteroatoms. The molecule has 0 aliphatic heterocycles. The van der Waals surface area contributed by atoms with Crippen molar-refractivity contribution in [3.8, 4) is 0 Å². The molecule has 1 heterocycles. The number of aromatic nitrogens is 1. The van der Waals surface area contributed by atoms with Crippen molar-refractivity contribution in [2.75, 3.05) is 16.8 Å². The van der Waals surface area contributed by atoms with Crippen LogP contribution in [0.5, 0.6) is 0 Å². The lowest BCUT2D eigenvalue weighted by molar-refractivity contribution is -0.113. The summed E-state index contributed by atoms with van der Waals surface area (Å²) in [6.45, 7) is 0. The van der Waals surface area contributed by atoms with Crippen LogP contribution in [0.4, 0.5) is 15.8 Å². The molecular formula is C13H12FN3OS. The lowest BCUT2D eigenvalue weighted by atomic mass is 10.3. The smallest absolute Gasteiger partial charge is 0.234 e. The quantitative estimate of drug-likeness (QED) is 0.843. The zero-order chi connectivity index (χ0) is 13.7. The third kappa shape index (κ3) is 4.26. The van der Waals surface area contributed by atoms with Gasteiger partial charge in [0.05, 0.1) is 22.7 Å². The van der Waals surface area contributed by atoms with Gasteiger partial charge in [0.1, 0.15) is 5.82 Å². The Bertz CT molecular complexity index is 557. The normalized spacial score (nSPS) is 10.2. The third-order valence-corrected chi connectivity index (χ3v) is 3.18. The van der Waals surface area contributed by atoms with E-state index in [2.05, 4.69) is 10.3 Å². The Balaban J connectivity index is 1.84. The van der Waals surface area contributed by atoms with Crippen molar-refractivity contribution < 1.29 is 9.18 Å². The Morgan fingerprint density at radius 3 is 2.63 bits per heavy atom. The minimum Gasteiger partial charge on any atom is -0.397 e. The molecular weight excluding hydrogens is 265 g/mol. The van der Waals surface area contributed by atoms with Gasteiger partial charge in [0.15, 0.2) is 0 Å². The molecule has 0 saturated heterocycles. The van der Waals surface area contributed by atoms with Crippen molar-refractivity contribution in [2.45, 2.75) is 5.03 Å². The standard InChI is InChI=1S/C13H12FN3OS/c14-9-1-4-11(5-2-9)17-12(18)8-19-13-6-3-10(15)7-16-13/h1-7H,8,15H2,(H,17,18). The van der Waals surface area contributed by atoms with Gasteiger partial charge in [0.25, 0.3) is 0 Å². The van der Waals surface area contributed by atoms with Crippen molar-refractivity contribution in [2.24, 2.45) is 0 Å². The first-order valence-electron chi connectivity index (χ1n) is 5.53. The van der Waals surface area contributed by atoms with E-state index in [1.165, 1.54) is 36.0 Å². The van der Waals surface area contributed by atoms with Crippen LogP contribution in [0.25, 0.3) is 0 Å². The second kappa shape index (κ2) is 6.19. The second-order valence-electron chi connectivity index (χ2n) is 3.77. The molecule has 0 atom stereocenters. The number of hydrogen-bond acceptors (Lipinski definition) is 4. The minimum atomic E-state index is -0.335. The van der Waals surface area contributed by atoms with E-state index in [1.54, 1.807) is 18.3 Å². The van der Waals surface area contributed by atoms with Gasteiger partial charge in [0.2, 0.25) is 5.91 Å². The van der Waals surface area contributed by atoms with Gasteiger partial charge >= 0.3 is 0 Å². The van der Waals surface area contributed by atoms with Crippen LogP contribution in [0, 0.1) is 5.82 Å². The number of pyridine rings is 1. The summed E-state index contributed by atoms with van der Waals surface area (Å²) in [5.41, 5.74) is 6.67. The fourth-order valence-corrected chi connectivity index (χ4v) is 1.99. The number of amides is 1. The molecule has 1 aromatic heterocycles. The van der Waals surface area contributed by atoms with Crippen LogP contribution in [0.1, 0.15) is 0 Å². The number of thioether (sulfide) groups is 1. The number of benzene rings is 1. The molecule has 0 radical (unpaired) electrons. The third-order valence-electron chi connectivity index (χ3n) is 2.24. The van der Waals surface area contributed by atoms with Crippen LogP contribution in [0.2, 0.25) is 0 Å². The molecule has 0 aliphatic carbocycles. The monoisotopic (exact) mass is 277 g/mol. The predicted octanol–water partition coefficient (Wildman–Crippen LogP) is 2.53. The maximum Gasteiger partial charge on any atom is 0.234 e. The van der Waals surface area contributed by atoms with Crippen molar-refractivity contribution in [1.82, 2.24) is 4.98 Å². The van der Waals surface area contributed by atoms with Gasteiger partial charge in [-0.25, -0.2) is 9.37 Å². The Morgan fingerprint density at radius 2 is 2.00 bits per heavy atom. The molecule has 1 aromatic carbocycles. The number of nitrogen functional groups attached to an aromatic ring is 1. The topological polar surface area (TPSA) is 68.0 Å². The van der Waals surface area contributed by atoms with Crippen LogP contribution in [-0.2, 0) is 4.79 Å². The molecule has 4 nitrogen and oxygen atoms in total. The molecule has 0 fully saturated rings. The molecule has 0 saturated carbocycles. The Kier molecular flexibility index (Phi) is 4.35. The molecule has 2 aromatic rings. The van der Waals surface area contributed by atoms with Crippen molar-refractivity contribution in [3.05, 3.63) is 48.4 Å². The number of nitrogens with two attached hydrogens (primary N) is 1. The van der Waals surface area contributed by atoms with E-state index in [9.17, 15) is 9.18 Å². The average molecular weight is 277 g/mol. The molecule has 2 rings (SSSR count).